The van der Waals surface area contributed by atoms with Gasteiger partial charge in [0.15, 0.2) is 39.3 Å². The number of Topliss-reactive ketones (excluding diaryl/α,β-unsaturated/α-hetero) is 1. The number of thiophene rings is 3. The molecule has 3 aromatic heterocycles. The van der Waals surface area contributed by atoms with Gasteiger partial charge in [-0.05, 0) is 340 Å². The molecular weight excluding hydrogens is 2260 g/mol. The fourth-order valence-electron chi connectivity index (χ4n) is 16.4. The minimum absolute atomic E-state index is 0.0634. The highest BCUT2D eigenvalue weighted by atomic mass is 79.9. The Labute approximate surface area is 930 Å². The lowest BCUT2D eigenvalue weighted by molar-refractivity contribution is -0.128. The second-order valence-electron chi connectivity index (χ2n) is 41.7. The lowest BCUT2D eigenvalue weighted by Gasteiger charge is -2.42. The van der Waals surface area contributed by atoms with E-state index in [1.54, 1.807) is 101 Å². The molecule has 4 amide bonds. The number of hydrogen-bond acceptors (Lipinski definition) is 24. The Morgan fingerprint density at radius 3 is 1.03 bits per heavy atom. The number of aliphatic hydroxyl groups excluding tert-OH is 1. The van der Waals surface area contributed by atoms with Gasteiger partial charge in [0, 0.05) is 139 Å². The number of phenols is 1. The standard InChI is InChI=1S/C31H32BrNO4S.C29H29BrN2O2S.C20H12Br2O3S.C11H21NO2.C10H19NO3.C8H13NO3.C7H7ClO2S/c1-20-5-14-26-27(19-20)38-29(21-6-8-22(32)9-7-21)28(26)36-24-12-10-23(11-13-24)35-25-15-17-33(18-16-25)30(34)37-31(2,3)4;1-19-2-11-26-27(16-19)35-29(20-3-5-21(30)6-4-20)28(26)34-24-9-7-23(8-10-24)33-25-12-14-32(15-13-25)22-17-31-18-22;21-13-3-1-12(2-4-13)20-19(24-15-7-5-14(23)6-8-15)17-10-9-16(25-22)11-18(17)26-20;1-9-5-7-12(8-6-9)10(13)14-11(2,3)4;1-10(2,3)14-9(13)11-6-4-8(12)5-7-11;1-8(2,3)12-7(11)9-4-6(10)5-9;1-6-2-4-7(5-3-6)11(8,9)10/h5-14,19,25H,15-18H2,1-4H3;2-11,16,22,25,31H,12-15,17-18H2,1H3;1-11,23H;9H,5-8H2,1-4H3;8,12H,4-7H2,1-3H3;4-5H2,1-3H3;2-5H,1H3. The van der Waals surface area contributed by atoms with Gasteiger partial charge in [-0.2, -0.15) is 0 Å². The van der Waals surface area contributed by atoms with Crippen molar-refractivity contribution in [3.8, 4) is 88.8 Å². The Balaban J connectivity index is 0.000000154. The quantitative estimate of drug-likeness (QED) is 0.0598. The third-order valence-corrected chi connectivity index (χ3v) is 31.3. The fourth-order valence-corrected chi connectivity index (χ4v) is 21.8. The summed E-state index contributed by atoms with van der Waals surface area (Å²) >= 11 is 18.8. The number of amides is 4. The molecule has 0 atom stereocenters. The maximum absolute atomic E-state index is 12.3. The Bertz CT molecular complexity index is 6750. The SMILES string of the molecule is CC(C)(C)OC(=O)N1CC(=O)C1.CC(C)(C)OC(=O)N1CCC(O)CC1.CC1CCN(C(=O)OC(C)(C)C)CC1.Cc1ccc(S(=O)(=O)Cl)cc1.Cc1ccc2c(Oc3ccc(OC4CCN(C(=O)OC(C)(C)C)CC4)cc3)c(-c3ccc(Br)cc3)sc2c1.Cc1ccc2c(Oc3ccc(OC4CCN(C5CNC5)CC4)cc3)c(-c3ccc(Br)cc3)sc2c1.Oc1ccc(Oc2c(-c3ccc(Br)cc3)sc3cc(OBr)ccc23)cc1. The van der Waals surface area contributed by atoms with Crippen molar-refractivity contribution in [1.29, 1.82) is 0 Å². The van der Waals surface area contributed by atoms with Gasteiger partial charge in [-0.3, -0.25) is 14.6 Å². The van der Waals surface area contributed by atoms with Crippen LogP contribution in [0.1, 0.15) is 158 Å². The number of nitrogens with one attached hydrogen (secondary N) is 1. The van der Waals surface area contributed by atoms with Crippen LogP contribution in [0.25, 0.3) is 61.6 Å². The van der Waals surface area contributed by atoms with Crippen molar-refractivity contribution >= 4 is 178 Å². The van der Waals surface area contributed by atoms with E-state index in [-0.39, 0.29) is 65.6 Å². The topological polar surface area (TPSA) is 280 Å². The van der Waals surface area contributed by atoms with E-state index < -0.39 is 31.9 Å². The number of fused-ring (bicyclic) bond motifs is 3. The number of aliphatic hydroxyl groups is 1. The highest BCUT2D eigenvalue weighted by Crippen LogP contribution is 2.51. The number of carbonyl (C=O) groups excluding carboxylic acids is 5. The molecule has 25 nitrogen and oxygen atoms in total. The molecule has 6 saturated heterocycles. The van der Waals surface area contributed by atoms with E-state index in [0.29, 0.717) is 50.9 Å². The maximum Gasteiger partial charge on any atom is 0.411 e. The minimum Gasteiger partial charge on any atom is -0.508 e. The highest BCUT2D eigenvalue weighted by Gasteiger charge is 2.35. The number of rotatable bonds is 16. The van der Waals surface area contributed by atoms with Gasteiger partial charge in [-0.1, -0.05) is 121 Å². The van der Waals surface area contributed by atoms with Crippen molar-refractivity contribution in [2.24, 2.45) is 5.92 Å². The molecule has 3 N–H and O–H groups in total. The second kappa shape index (κ2) is 52.9. The average Bonchev–Trinajstić information content (AvgIpc) is 1.64. The second-order valence-corrected chi connectivity index (χ2v) is 50.5. The Kier molecular flexibility index (Phi) is 41.1. The van der Waals surface area contributed by atoms with E-state index in [2.05, 4.69) is 192 Å². The van der Waals surface area contributed by atoms with Crippen molar-refractivity contribution in [2.75, 3.05) is 78.5 Å². The van der Waals surface area contributed by atoms with Crippen LogP contribution < -0.4 is 32.8 Å². The van der Waals surface area contributed by atoms with Gasteiger partial charge < -0.3 is 76.7 Å². The lowest BCUT2D eigenvalue weighted by Crippen LogP contribution is -2.59. The smallest absolute Gasteiger partial charge is 0.411 e. The van der Waals surface area contributed by atoms with Gasteiger partial charge in [0.2, 0.25) is 0 Å². The van der Waals surface area contributed by atoms with Crippen LogP contribution >= 0.6 is 109 Å². The van der Waals surface area contributed by atoms with Crippen LogP contribution in [0.4, 0.5) is 19.2 Å². The molecule has 150 heavy (non-hydrogen) atoms. The predicted molar refractivity (Wildman–Crippen MR) is 615 cm³/mol. The first-order chi connectivity index (χ1) is 71.0. The zero-order valence-corrected chi connectivity index (χ0v) is 97.9. The summed E-state index contributed by atoms with van der Waals surface area (Å²) in [5, 5.41) is 25.4. The first-order valence-electron chi connectivity index (χ1n) is 50.2. The molecule has 0 spiro atoms. The van der Waals surface area contributed by atoms with E-state index in [1.807, 2.05) is 153 Å². The summed E-state index contributed by atoms with van der Waals surface area (Å²) < 4.78 is 86.0. The third-order valence-electron chi connectivity index (χ3n) is 24.5. The van der Waals surface area contributed by atoms with Crippen LogP contribution in [0.2, 0.25) is 0 Å². The fraction of sp³-hybridized carbons (Fsp3) is 0.388. The largest absolute Gasteiger partial charge is 0.508 e. The Morgan fingerprint density at radius 1 is 0.393 bits per heavy atom. The van der Waals surface area contributed by atoms with Crippen LogP contribution in [0.3, 0.4) is 0 Å². The highest BCUT2D eigenvalue weighted by molar-refractivity contribution is 9.11. The number of aromatic hydroxyl groups is 1. The molecule has 10 aromatic carbocycles. The molecule has 19 rings (SSSR count). The van der Waals surface area contributed by atoms with E-state index >= 15 is 0 Å². The van der Waals surface area contributed by atoms with Crippen molar-refractivity contribution in [3.05, 3.63) is 255 Å². The number of phenolic OH excluding ortho intramolecular Hbond substituents is 1. The van der Waals surface area contributed by atoms with E-state index in [9.17, 15) is 42.6 Å². The number of benzene rings is 10. The van der Waals surface area contributed by atoms with Gasteiger partial charge >= 0.3 is 24.4 Å². The van der Waals surface area contributed by atoms with Crippen molar-refractivity contribution in [1.82, 2.24) is 29.8 Å². The number of piperidine rings is 4. The Hall–Kier alpha value is -10.5. The van der Waals surface area contributed by atoms with Gasteiger partial charge in [-0.25, -0.2) is 27.6 Å². The molecule has 6 fully saturated rings. The molecule has 800 valence electrons. The third kappa shape index (κ3) is 35.5. The molecule has 0 bridgehead atoms. The molecule has 13 aromatic rings. The molecule has 0 aliphatic carbocycles. The normalized spacial score (nSPS) is 15.5. The van der Waals surface area contributed by atoms with E-state index in [0.717, 1.165) is 207 Å². The number of nitrogens with zero attached hydrogens (tertiary/aromatic N) is 5. The summed E-state index contributed by atoms with van der Waals surface area (Å²) in [5.41, 5.74) is 5.07. The number of halogens is 5. The predicted octanol–water partition coefficient (Wildman–Crippen LogP) is 30.7. The number of carbonyl (C=O) groups is 5. The maximum atomic E-state index is 12.3. The number of hydrogen-bond donors (Lipinski definition) is 3. The van der Waals surface area contributed by atoms with Crippen LogP contribution in [0, 0.1) is 26.7 Å². The van der Waals surface area contributed by atoms with E-state index in [4.69, 9.17) is 57.1 Å². The number of likely N-dealkylation sites (tertiary alicyclic amines) is 5. The summed E-state index contributed by atoms with van der Waals surface area (Å²) in [6, 6.07) is 73.5. The summed E-state index contributed by atoms with van der Waals surface area (Å²) in [6.45, 7) is 39.7. The molecule has 6 aliphatic rings. The molecule has 0 radical (unpaired) electrons. The first kappa shape index (κ1) is 117. The van der Waals surface area contributed by atoms with Crippen LogP contribution in [0.5, 0.6) is 57.5 Å². The minimum atomic E-state index is -3.55. The summed E-state index contributed by atoms with van der Waals surface area (Å²) in [6.07, 6.45) is 6.23. The van der Waals surface area contributed by atoms with Gasteiger partial charge in [0.05, 0.1) is 38.7 Å². The van der Waals surface area contributed by atoms with E-state index in [1.165, 1.54) is 37.6 Å². The van der Waals surface area contributed by atoms with Gasteiger partial charge in [0.25, 0.3) is 9.05 Å². The molecular formula is C116H133Br4ClN6O19S4. The zero-order valence-electron chi connectivity index (χ0n) is 87.5. The molecule has 9 heterocycles. The first-order valence-corrected chi connectivity index (χ1v) is 58.0. The number of ketones is 1. The van der Waals surface area contributed by atoms with Crippen molar-refractivity contribution in [3.63, 3.8) is 0 Å². The Morgan fingerprint density at radius 2 is 0.700 bits per heavy atom. The molecule has 0 unspecified atom stereocenters. The van der Waals surface area contributed by atoms with Crippen LogP contribution in [-0.2, 0) is 32.8 Å². The lowest BCUT2D eigenvalue weighted by atomic mass is 10.00. The molecule has 0 saturated carbocycles. The van der Waals surface area contributed by atoms with Crippen molar-refractivity contribution in [2.45, 2.75) is 214 Å². The summed E-state index contributed by atoms with van der Waals surface area (Å²) in [5.74, 6) is 8.31. The summed E-state index contributed by atoms with van der Waals surface area (Å²) in [7, 11) is 1.54. The molecule has 34 heteroatoms. The number of ether oxygens (including phenoxy) is 9. The van der Waals surface area contributed by atoms with Gasteiger partial charge in [-0.15, -0.1) is 34.0 Å². The van der Waals surface area contributed by atoms with Crippen LogP contribution in [-0.4, -0.2) is 199 Å². The monoisotopic (exact) mass is 2390 g/mol. The number of aryl methyl sites for hydroxylation is 3. The zero-order chi connectivity index (χ0) is 108. The van der Waals surface area contributed by atoms with Gasteiger partial charge in [0.1, 0.15) is 74.9 Å². The summed E-state index contributed by atoms with van der Waals surface area (Å²) in [4.78, 5) is 69.8. The van der Waals surface area contributed by atoms with Crippen molar-refractivity contribution < 1.29 is 89.1 Å². The van der Waals surface area contributed by atoms with Crippen LogP contribution in [0.15, 0.2) is 243 Å². The average molecular weight is 2400 g/mol. The molecule has 6 aliphatic heterocycles.